The quantitative estimate of drug-likeness (QED) is 0.891. The molecule has 0 spiro atoms. The summed E-state index contributed by atoms with van der Waals surface area (Å²) in [6.07, 6.45) is 3.10. The van der Waals surface area contributed by atoms with Gasteiger partial charge in [-0.2, -0.15) is 0 Å². The number of aromatic amines is 1. The molecule has 2 amide bonds. The van der Waals surface area contributed by atoms with Gasteiger partial charge in [0.05, 0.1) is 6.61 Å². The van der Waals surface area contributed by atoms with E-state index in [4.69, 9.17) is 10.5 Å². The van der Waals surface area contributed by atoms with E-state index in [1.54, 1.807) is 11.0 Å². The Morgan fingerprint density at radius 3 is 2.95 bits per heavy atom. The summed E-state index contributed by atoms with van der Waals surface area (Å²) in [4.78, 5) is 29.5. The molecule has 1 aliphatic rings. The molecule has 6 nitrogen and oxygen atoms in total. The number of H-pyrrole nitrogens is 1. The highest BCUT2D eigenvalue weighted by molar-refractivity contribution is 6.01. The standard InChI is InChI=1S/C16H19N3O3/c1-22-10-16(15(17)21)6-2-8-19(16)14(20)12-3-4-13-11(9-12)5-7-18-13/h3-5,7,9,18H,2,6,8,10H2,1H3,(H2,17,21). The van der Waals surface area contributed by atoms with Crippen LogP contribution >= 0.6 is 0 Å². The molecule has 0 bridgehead atoms. The van der Waals surface area contributed by atoms with Crippen molar-refractivity contribution in [2.24, 2.45) is 5.73 Å². The van der Waals surface area contributed by atoms with Crippen molar-refractivity contribution in [2.45, 2.75) is 18.4 Å². The van der Waals surface area contributed by atoms with Gasteiger partial charge in [0, 0.05) is 36.3 Å². The van der Waals surface area contributed by atoms with E-state index in [1.807, 2.05) is 24.4 Å². The Kier molecular flexibility index (Phi) is 3.62. The van der Waals surface area contributed by atoms with Crippen LogP contribution in [0, 0.1) is 0 Å². The van der Waals surface area contributed by atoms with Crippen LogP contribution in [0.4, 0.5) is 0 Å². The van der Waals surface area contributed by atoms with Gasteiger partial charge in [-0.15, -0.1) is 0 Å². The van der Waals surface area contributed by atoms with Gasteiger partial charge in [0.15, 0.2) is 0 Å². The summed E-state index contributed by atoms with van der Waals surface area (Å²) in [5.74, 6) is -0.695. The molecule has 1 fully saturated rings. The first-order valence-electron chi connectivity index (χ1n) is 7.26. The zero-order chi connectivity index (χ0) is 15.7. The average Bonchev–Trinajstić information content (AvgIpc) is 3.13. The number of methoxy groups -OCH3 is 1. The number of likely N-dealkylation sites (tertiary alicyclic amines) is 1. The first-order valence-corrected chi connectivity index (χ1v) is 7.26. The number of nitrogens with one attached hydrogen (secondary N) is 1. The lowest BCUT2D eigenvalue weighted by molar-refractivity contribution is -0.130. The monoisotopic (exact) mass is 301 g/mol. The highest BCUT2D eigenvalue weighted by atomic mass is 16.5. The van der Waals surface area contributed by atoms with Gasteiger partial charge < -0.3 is 20.4 Å². The number of benzene rings is 1. The number of fused-ring (bicyclic) bond motifs is 1. The number of primary amides is 1. The zero-order valence-electron chi connectivity index (χ0n) is 12.5. The van der Waals surface area contributed by atoms with Gasteiger partial charge in [-0.25, -0.2) is 0 Å². The molecule has 3 rings (SSSR count). The van der Waals surface area contributed by atoms with Crippen molar-refractivity contribution in [3.63, 3.8) is 0 Å². The van der Waals surface area contributed by atoms with Crippen LogP contribution in [0.5, 0.6) is 0 Å². The Hall–Kier alpha value is -2.34. The van der Waals surface area contributed by atoms with Crippen molar-refractivity contribution < 1.29 is 14.3 Å². The molecule has 0 aliphatic carbocycles. The smallest absolute Gasteiger partial charge is 0.254 e. The van der Waals surface area contributed by atoms with Crippen molar-refractivity contribution in [2.75, 3.05) is 20.3 Å². The minimum absolute atomic E-state index is 0.125. The summed E-state index contributed by atoms with van der Waals surface area (Å²) in [6.45, 7) is 0.636. The van der Waals surface area contributed by atoms with Gasteiger partial charge >= 0.3 is 0 Å². The van der Waals surface area contributed by atoms with Crippen molar-refractivity contribution >= 4 is 22.7 Å². The fourth-order valence-electron chi connectivity index (χ4n) is 3.23. The number of nitrogens with two attached hydrogens (primary N) is 1. The number of aromatic nitrogens is 1. The largest absolute Gasteiger partial charge is 0.382 e. The number of rotatable bonds is 4. The van der Waals surface area contributed by atoms with E-state index in [0.717, 1.165) is 17.3 Å². The van der Waals surface area contributed by atoms with Crippen LogP contribution in [0.2, 0.25) is 0 Å². The van der Waals surface area contributed by atoms with Crippen molar-refractivity contribution in [1.82, 2.24) is 9.88 Å². The van der Waals surface area contributed by atoms with Gasteiger partial charge in [-0.1, -0.05) is 0 Å². The summed E-state index contributed by atoms with van der Waals surface area (Å²) in [7, 11) is 1.51. The fourth-order valence-corrected chi connectivity index (χ4v) is 3.23. The maximum Gasteiger partial charge on any atom is 0.254 e. The van der Waals surface area contributed by atoms with Crippen molar-refractivity contribution in [3.05, 3.63) is 36.0 Å². The van der Waals surface area contributed by atoms with Crippen LogP contribution < -0.4 is 5.73 Å². The Labute approximate surface area is 128 Å². The van der Waals surface area contributed by atoms with Gasteiger partial charge in [0.1, 0.15) is 5.54 Å². The van der Waals surface area contributed by atoms with E-state index < -0.39 is 11.4 Å². The molecule has 116 valence electrons. The van der Waals surface area contributed by atoms with Crippen molar-refractivity contribution in [1.29, 1.82) is 0 Å². The summed E-state index contributed by atoms with van der Waals surface area (Å²) in [6, 6.07) is 7.36. The third kappa shape index (κ3) is 2.16. The van der Waals surface area contributed by atoms with Crippen LogP contribution in [0.3, 0.4) is 0 Å². The molecule has 2 heterocycles. The molecule has 1 aromatic carbocycles. The average molecular weight is 301 g/mol. The Morgan fingerprint density at radius 2 is 2.23 bits per heavy atom. The lowest BCUT2D eigenvalue weighted by atomic mass is 9.95. The second kappa shape index (κ2) is 5.46. The molecule has 22 heavy (non-hydrogen) atoms. The molecular formula is C16H19N3O3. The third-order valence-electron chi connectivity index (χ3n) is 4.38. The number of carbonyl (C=O) groups is 2. The van der Waals surface area contributed by atoms with Crippen LogP contribution in [0.1, 0.15) is 23.2 Å². The van der Waals surface area contributed by atoms with E-state index in [0.29, 0.717) is 18.5 Å². The normalized spacial score (nSPS) is 21.4. The lowest BCUT2D eigenvalue weighted by Crippen LogP contribution is -2.58. The van der Waals surface area contributed by atoms with E-state index >= 15 is 0 Å². The summed E-state index contributed by atoms with van der Waals surface area (Å²) in [5, 5.41) is 0.960. The molecule has 6 heteroatoms. The number of hydrogen-bond donors (Lipinski definition) is 2. The Bertz CT molecular complexity index is 724. The topological polar surface area (TPSA) is 88.4 Å². The molecular weight excluding hydrogens is 282 g/mol. The van der Waals surface area contributed by atoms with Crippen LogP contribution in [-0.4, -0.2) is 47.5 Å². The summed E-state index contributed by atoms with van der Waals surface area (Å²) >= 11 is 0. The predicted molar refractivity (Wildman–Crippen MR) is 82.4 cm³/mol. The molecule has 0 radical (unpaired) electrons. The van der Waals surface area contributed by atoms with Gasteiger partial charge in [0.25, 0.3) is 5.91 Å². The molecule has 1 aromatic heterocycles. The zero-order valence-corrected chi connectivity index (χ0v) is 12.5. The number of hydrogen-bond acceptors (Lipinski definition) is 3. The highest BCUT2D eigenvalue weighted by Gasteiger charge is 2.48. The number of carbonyl (C=O) groups excluding carboxylic acids is 2. The van der Waals surface area contributed by atoms with Crippen LogP contribution in [-0.2, 0) is 9.53 Å². The van der Waals surface area contributed by atoms with Gasteiger partial charge in [-0.05, 0) is 37.1 Å². The number of amides is 2. The second-order valence-electron chi connectivity index (χ2n) is 5.67. The molecule has 0 saturated carbocycles. The summed E-state index contributed by atoms with van der Waals surface area (Å²) < 4.78 is 5.16. The van der Waals surface area contributed by atoms with Crippen LogP contribution in [0.25, 0.3) is 10.9 Å². The molecule has 2 aromatic rings. The molecule has 3 N–H and O–H groups in total. The predicted octanol–water partition coefficient (Wildman–Crippen LogP) is 1.27. The van der Waals surface area contributed by atoms with Gasteiger partial charge in [0.2, 0.25) is 5.91 Å². The molecule has 1 aliphatic heterocycles. The number of ether oxygens (including phenoxy) is 1. The second-order valence-corrected chi connectivity index (χ2v) is 5.67. The Balaban J connectivity index is 1.97. The van der Waals surface area contributed by atoms with Gasteiger partial charge in [-0.3, -0.25) is 9.59 Å². The Morgan fingerprint density at radius 1 is 1.41 bits per heavy atom. The van der Waals surface area contributed by atoms with Crippen LogP contribution in [0.15, 0.2) is 30.5 Å². The highest BCUT2D eigenvalue weighted by Crippen LogP contribution is 2.31. The summed E-state index contributed by atoms with van der Waals surface area (Å²) in [5.41, 5.74) is 6.06. The lowest BCUT2D eigenvalue weighted by Gasteiger charge is -2.35. The van der Waals surface area contributed by atoms with E-state index in [2.05, 4.69) is 4.98 Å². The first-order chi connectivity index (χ1) is 10.6. The SMILES string of the molecule is COCC1(C(N)=O)CCCN1C(=O)c1ccc2[nH]ccc2c1. The molecule has 1 unspecified atom stereocenters. The minimum Gasteiger partial charge on any atom is -0.382 e. The molecule has 1 saturated heterocycles. The third-order valence-corrected chi connectivity index (χ3v) is 4.38. The first kappa shape index (κ1) is 14.6. The minimum atomic E-state index is -1.04. The maximum atomic E-state index is 12.9. The van der Waals surface area contributed by atoms with E-state index in [9.17, 15) is 9.59 Å². The number of nitrogens with zero attached hydrogens (tertiary/aromatic N) is 1. The van der Waals surface area contributed by atoms with E-state index in [-0.39, 0.29) is 12.5 Å². The maximum absolute atomic E-state index is 12.9. The molecule has 1 atom stereocenters. The van der Waals surface area contributed by atoms with Crippen molar-refractivity contribution in [3.8, 4) is 0 Å². The fraction of sp³-hybridized carbons (Fsp3) is 0.375. The van der Waals surface area contributed by atoms with E-state index in [1.165, 1.54) is 7.11 Å².